The molecule has 0 aromatic rings. The summed E-state index contributed by atoms with van der Waals surface area (Å²) in [6, 6.07) is 0.338. The first-order chi connectivity index (χ1) is 7.08. The Labute approximate surface area is 88.2 Å². The molecule has 90 valence electrons. The molecule has 1 heterocycles. The molecule has 0 amide bonds. The molecule has 1 fully saturated rings. The predicted molar refractivity (Wildman–Crippen MR) is 51.7 cm³/mol. The van der Waals surface area contributed by atoms with Crippen molar-refractivity contribution in [2.75, 3.05) is 19.8 Å². The van der Waals surface area contributed by atoms with Crippen LogP contribution in [0.3, 0.4) is 0 Å². The Balaban J connectivity index is 1.92. The van der Waals surface area contributed by atoms with E-state index in [0.29, 0.717) is 25.6 Å². The maximum atomic E-state index is 11.8. The van der Waals surface area contributed by atoms with Crippen LogP contribution in [0.25, 0.3) is 0 Å². The zero-order valence-corrected chi connectivity index (χ0v) is 8.78. The van der Waals surface area contributed by atoms with E-state index >= 15 is 0 Å². The van der Waals surface area contributed by atoms with Crippen molar-refractivity contribution in [3.05, 3.63) is 0 Å². The lowest BCUT2D eigenvalue weighted by Crippen LogP contribution is -2.37. The summed E-state index contributed by atoms with van der Waals surface area (Å²) in [6.07, 6.45) is -1.77. The third-order valence-electron chi connectivity index (χ3n) is 2.48. The van der Waals surface area contributed by atoms with Crippen molar-refractivity contribution in [3.8, 4) is 0 Å². The molecule has 0 radical (unpaired) electrons. The molecule has 0 aliphatic carbocycles. The Morgan fingerprint density at radius 1 is 1.27 bits per heavy atom. The van der Waals surface area contributed by atoms with E-state index in [2.05, 4.69) is 5.32 Å². The Bertz CT molecular complexity index is 167. The summed E-state index contributed by atoms with van der Waals surface area (Å²) in [7, 11) is 0. The van der Waals surface area contributed by atoms with Crippen molar-refractivity contribution in [1.29, 1.82) is 0 Å². The van der Waals surface area contributed by atoms with Gasteiger partial charge in [0, 0.05) is 19.1 Å². The molecule has 0 spiro atoms. The lowest BCUT2D eigenvalue weighted by Gasteiger charge is -2.23. The van der Waals surface area contributed by atoms with E-state index in [0.717, 1.165) is 19.4 Å². The molecule has 0 bridgehead atoms. The highest BCUT2D eigenvalue weighted by Crippen LogP contribution is 2.21. The molecule has 0 aromatic heterocycles. The van der Waals surface area contributed by atoms with Gasteiger partial charge in [0.15, 0.2) is 0 Å². The molecule has 5 heteroatoms. The Kier molecular flexibility index (Phi) is 5.39. The topological polar surface area (TPSA) is 21.3 Å². The van der Waals surface area contributed by atoms with Crippen molar-refractivity contribution in [2.24, 2.45) is 0 Å². The average Bonchev–Trinajstić information content (AvgIpc) is 2.17. The molecule has 15 heavy (non-hydrogen) atoms. The van der Waals surface area contributed by atoms with Gasteiger partial charge in [-0.15, -0.1) is 0 Å². The molecule has 1 atom stereocenters. The Morgan fingerprint density at radius 3 is 2.67 bits per heavy atom. The second kappa shape index (κ2) is 6.33. The van der Waals surface area contributed by atoms with Gasteiger partial charge in [0.25, 0.3) is 0 Å². The van der Waals surface area contributed by atoms with Crippen molar-refractivity contribution in [1.82, 2.24) is 5.32 Å². The predicted octanol–water partition coefficient (Wildman–Crippen LogP) is 2.49. The third-order valence-corrected chi connectivity index (χ3v) is 2.48. The summed E-state index contributed by atoms with van der Waals surface area (Å²) in [5, 5.41) is 3.22. The van der Waals surface area contributed by atoms with Crippen LogP contribution in [0.2, 0.25) is 0 Å². The summed E-state index contributed by atoms with van der Waals surface area (Å²) < 4.78 is 40.6. The van der Waals surface area contributed by atoms with E-state index < -0.39 is 12.6 Å². The highest BCUT2D eigenvalue weighted by atomic mass is 19.4. The molecule has 0 saturated carbocycles. The van der Waals surface area contributed by atoms with E-state index in [-0.39, 0.29) is 6.42 Å². The summed E-state index contributed by atoms with van der Waals surface area (Å²) in [4.78, 5) is 0. The van der Waals surface area contributed by atoms with Gasteiger partial charge >= 0.3 is 6.18 Å². The van der Waals surface area contributed by atoms with Crippen LogP contribution in [0.4, 0.5) is 13.2 Å². The van der Waals surface area contributed by atoms with Crippen LogP contribution in [0, 0.1) is 0 Å². The zero-order valence-electron chi connectivity index (χ0n) is 8.78. The summed E-state index contributed by atoms with van der Waals surface area (Å²) in [6.45, 7) is 2.16. The number of hydrogen-bond donors (Lipinski definition) is 1. The van der Waals surface area contributed by atoms with Gasteiger partial charge in [0.1, 0.15) is 0 Å². The smallest absolute Gasteiger partial charge is 0.380 e. The van der Waals surface area contributed by atoms with Crippen LogP contribution in [-0.4, -0.2) is 32.0 Å². The van der Waals surface area contributed by atoms with Crippen molar-refractivity contribution < 1.29 is 17.9 Å². The minimum atomic E-state index is -4.01. The minimum absolute atomic E-state index is 0.212. The van der Waals surface area contributed by atoms with Crippen molar-refractivity contribution in [2.45, 2.75) is 44.3 Å². The van der Waals surface area contributed by atoms with Crippen molar-refractivity contribution >= 4 is 0 Å². The molecule has 1 unspecified atom stereocenters. The lowest BCUT2D eigenvalue weighted by atomic mass is 10.1. The monoisotopic (exact) mass is 225 g/mol. The summed E-state index contributed by atoms with van der Waals surface area (Å²) >= 11 is 0. The molecule has 0 aromatic carbocycles. The second-order valence-electron chi connectivity index (χ2n) is 3.94. The number of unbranched alkanes of at least 4 members (excludes halogenated alkanes) is 1. The van der Waals surface area contributed by atoms with Gasteiger partial charge in [-0.25, -0.2) is 0 Å². The largest absolute Gasteiger partial charge is 0.389 e. The first-order valence-electron chi connectivity index (χ1n) is 5.46. The second-order valence-corrected chi connectivity index (χ2v) is 3.94. The summed E-state index contributed by atoms with van der Waals surface area (Å²) in [5.74, 6) is 0. The van der Waals surface area contributed by atoms with Gasteiger partial charge in [0.2, 0.25) is 0 Å². The third kappa shape index (κ3) is 6.73. The highest BCUT2D eigenvalue weighted by Gasteiger charge is 2.25. The number of nitrogens with one attached hydrogen (secondary N) is 1. The number of ether oxygens (including phenoxy) is 1. The van der Waals surface area contributed by atoms with E-state index in [1.807, 2.05) is 0 Å². The van der Waals surface area contributed by atoms with Gasteiger partial charge in [0.05, 0.1) is 6.61 Å². The number of hydrogen-bond acceptors (Lipinski definition) is 2. The van der Waals surface area contributed by atoms with Crippen LogP contribution < -0.4 is 5.32 Å². The quantitative estimate of drug-likeness (QED) is 0.726. The number of halogens is 3. The summed E-state index contributed by atoms with van der Waals surface area (Å²) in [5.41, 5.74) is 0. The number of alkyl halides is 3. The van der Waals surface area contributed by atoms with Crippen LogP contribution in [0.5, 0.6) is 0 Å². The van der Waals surface area contributed by atoms with E-state index in [4.69, 9.17) is 4.74 Å². The SMILES string of the molecule is FC(F)(F)CCCCNC1CCCOC1. The Morgan fingerprint density at radius 2 is 2.07 bits per heavy atom. The van der Waals surface area contributed by atoms with E-state index in [9.17, 15) is 13.2 Å². The maximum Gasteiger partial charge on any atom is 0.389 e. The fourth-order valence-corrected chi connectivity index (χ4v) is 1.66. The average molecular weight is 225 g/mol. The van der Waals surface area contributed by atoms with E-state index in [1.165, 1.54) is 0 Å². The normalized spacial score (nSPS) is 23.0. The molecule has 1 aliphatic rings. The standard InChI is InChI=1S/C10H18F3NO/c11-10(12,13)5-1-2-6-14-9-4-3-7-15-8-9/h9,14H,1-8H2. The molecular formula is C10H18F3NO. The fourth-order valence-electron chi connectivity index (χ4n) is 1.66. The first-order valence-corrected chi connectivity index (χ1v) is 5.46. The van der Waals surface area contributed by atoms with Gasteiger partial charge < -0.3 is 10.1 Å². The van der Waals surface area contributed by atoms with Gasteiger partial charge in [-0.1, -0.05) is 0 Å². The molecule has 1 rings (SSSR count). The Hall–Kier alpha value is -0.290. The lowest BCUT2D eigenvalue weighted by molar-refractivity contribution is -0.135. The van der Waals surface area contributed by atoms with Crippen LogP contribution >= 0.6 is 0 Å². The maximum absolute atomic E-state index is 11.8. The van der Waals surface area contributed by atoms with Crippen LogP contribution in [0.1, 0.15) is 32.1 Å². The highest BCUT2D eigenvalue weighted by molar-refractivity contribution is 4.69. The van der Waals surface area contributed by atoms with Crippen molar-refractivity contribution in [3.63, 3.8) is 0 Å². The molecule has 1 aliphatic heterocycles. The van der Waals surface area contributed by atoms with Gasteiger partial charge in [-0.05, 0) is 32.2 Å². The zero-order chi connectivity index (χ0) is 11.1. The fraction of sp³-hybridized carbons (Fsp3) is 1.00. The van der Waals surface area contributed by atoms with Crippen LogP contribution in [-0.2, 0) is 4.74 Å². The molecular weight excluding hydrogens is 207 g/mol. The number of rotatable bonds is 5. The minimum Gasteiger partial charge on any atom is -0.380 e. The van der Waals surface area contributed by atoms with E-state index in [1.54, 1.807) is 0 Å². The van der Waals surface area contributed by atoms with Crippen LogP contribution in [0.15, 0.2) is 0 Å². The first kappa shape index (κ1) is 12.8. The van der Waals surface area contributed by atoms with Gasteiger partial charge in [-0.3, -0.25) is 0 Å². The molecule has 2 nitrogen and oxygen atoms in total. The van der Waals surface area contributed by atoms with Gasteiger partial charge in [-0.2, -0.15) is 13.2 Å². The molecule has 1 N–H and O–H groups in total. The molecule has 1 saturated heterocycles.